The number of methoxy groups -OCH3 is 2. The molecule has 0 aromatic heterocycles. The molecule has 3 fully saturated rings. The number of amides is 1. The van der Waals surface area contributed by atoms with E-state index in [9.17, 15) is 48.3 Å². The van der Waals surface area contributed by atoms with E-state index in [1.165, 1.54) is 77.7 Å². The second-order valence-corrected chi connectivity index (χ2v) is 38.8. The number of carbonyl (C=O) groups is 9. The van der Waals surface area contributed by atoms with E-state index < -0.39 is 46.6 Å². The molecule has 0 atom stereocenters. The van der Waals surface area contributed by atoms with E-state index in [4.69, 9.17) is 86.2 Å². The van der Waals surface area contributed by atoms with Crippen LogP contribution in [0.2, 0.25) is 0 Å². The zero-order valence-corrected chi connectivity index (χ0v) is 82.4. The maximum absolute atomic E-state index is 12.7. The van der Waals surface area contributed by atoms with Gasteiger partial charge in [0.1, 0.15) is 78.6 Å². The molecule has 32 nitrogen and oxygen atoms in total. The van der Waals surface area contributed by atoms with E-state index in [1.807, 2.05) is 91.5 Å². The Morgan fingerprint density at radius 3 is 1.04 bits per heavy atom. The fourth-order valence-electron chi connectivity index (χ4n) is 13.2. The number of likely N-dealkylation sites (tertiary alicyclic amines) is 1. The summed E-state index contributed by atoms with van der Waals surface area (Å²) in [6.45, 7) is 24.4. The third-order valence-corrected chi connectivity index (χ3v) is 23.0. The smallest absolute Gasteiger partial charge is 0.338 e. The van der Waals surface area contributed by atoms with Crippen LogP contribution in [0.1, 0.15) is 170 Å². The number of aliphatic hydroxyl groups is 3. The number of hydrogen-bond donors (Lipinski definition) is 3. The lowest BCUT2D eigenvalue weighted by molar-refractivity contribution is -0.278. The Bertz CT molecular complexity index is 2810. The number of ether oxygens (including phenoxy) is 14. The van der Waals surface area contributed by atoms with Gasteiger partial charge in [-0.05, 0) is 124 Å². The minimum absolute atomic E-state index is 0.00531. The molecule has 3 saturated heterocycles. The summed E-state index contributed by atoms with van der Waals surface area (Å²) in [5.74, 6) is -0.128. The molecule has 3 aliphatic rings. The van der Waals surface area contributed by atoms with Gasteiger partial charge in [-0.25, -0.2) is 14.5 Å². The van der Waals surface area contributed by atoms with Gasteiger partial charge in [0.15, 0.2) is 0 Å². The predicted octanol–water partition coefficient (Wildman–Crippen LogP) is 10.2. The van der Waals surface area contributed by atoms with Gasteiger partial charge < -0.3 is 96.2 Å². The molecule has 0 bridgehead atoms. The molecule has 1 aromatic carbocycles. The van der Waals surface area contributed by atoms with Crippen LogP contribution in [-0.4, -0.2) is 362 Å². The van der Waals surface area contributed by atoms with Gasteiger partial charge in [0.2, 0.25) is 5.91 Å². The molecule has 0 radical (unpaired) electrons. The summed E-state index contributed by atoms with van der Waals surface area (Å²) in [5, 5.41) is 30.5. The average Bonchev–Trinajstić information content (AvgIpc) is 0.774. The number of thioether (sulfide) groups is 6. The molecule has 1 amide bonds. The van der Waals surface area contributed by atoms with Gasteiger partial charge in [-0.3, -0.25) is 33.6 Å². The van der Waals surface area contributed by atoms with Gasteiger partial charge in [0, 0.05) is 115 Å². The summed E-state index contributed by atoms with van der Waals surface area (Å²) < 4.78 is 76.5. The highest BCUT2D eigenvalue weighted by atomic mass is 32.2. The Hall–Kier alpha value is -4.01. The molecule has 3 aliphatic heterocycles. The third kappa shape index (κ3) is 52.4. The molecule has 0 unspecified atom stereocenters. The Morgan fingerprint density at radius 1 is 0.439 bits per heavy atom. The Labute approximate surface area is 759 Å². The summed E-state index contributed by atoms with van der Waals surface area (Å²) in [5.41, 5.74) is -3.04. The van der Waals surface area contributed by atoms with Crippen molar-refractivity contribution in [1.29, 1.82) is 0 Å². The van der Waals surface area contributed by atoms with E-state index in [0.717, 1.165) is 44.9 Å². The Kier molecular flexibility index (Phi) is 65.0. The second-order valence-electron chi connectivity index (χ2n) is 32.9. The fourth-order valence-corrected chi connectivity index (χ4v) is 15.4. The van der Waals surface area contributed by atoms with Crippen molar-refractivity contribution in [2.45, 2.75) is 200 Å². The number of esters is 8. The van der Waals surface area contributed by atoms with Crippen LogP contribution in [0.25, 0.3) is 0 Å². The minimum atomic E-state index is -1.34. The topological polar surface area (TPSA) is 375 Å². The summed E-state index contributed by atoms with van der Waals surface area (Å²) in [7, 11) is 6.47. The van der Waals surface area contributed by atoms with Crippen molar-refractivity contribution in [2.75, 3.05) is 233 Å². The molecule has 0 spiro atoms. The van der Waals surface area contributed by atoms with Crippen LogP contribution in [0, 0.1) is 16.2 Å². The van der Waals surface area contributed by atoms with Crippen LogP contribution in [0.3, 0.4) is 0 Å². The first-order chi connectivity index (χ1) is 58.2. The quantitative estimate of drug-likeness (QED) is 0.0236. The van der Waals surface area contributed by atoms with Crippen molar-refractivity contribution < 1.29 is 134 Å². The normalized spacial score (nSPS) is 16.0. The van der Waals surface area contributed by atoms with Crippen LogP contribution < -0.4 is 0 Å². The van der Waals surface area contributed by atoms with Crippen LogP contribution in [0.5, 0.6) is 0 Å². The number of nitrogens with zero attached hydrogens (tertiary/aromatic N) is 4. The monoisotopic (exact) mass is 1870 g/mol. The van der Waals surface area contributed by atoms with E-state index in [2.05, 4.69) is 55.4 Å². The molecule has 3 heterocycles. The molecule has 38 heteroatoms. The first-order valence-corrected chi connectivity index (χ1v) is 49.8. The summed E-state index contributed by atoms with van der Waals surface area (Å²) in [6.07, 6.45) is 16.9. The van der Waals surface area contributed by atoms with Crippen LogP contribution in [0.15, 0.2) is 30.3 Å². The molecule has 1 aromatic rings. The fraction of sp³-hybridized carbons (Fsp3) is 0.824. The SMILES string of the molecule is CCC(C)(C)C(=O)N1CCC(O)CC1.COCC(=O)OC1CC(C)(C)N(OC)C(C)(C)C1.COCCOCN(COCCO)COCCO.CON1C(C)(C)CC(OC(=O)c2ccccc2)CC1(C)C.CSCCC(=O)OCC(COCC(COC(=O)CCSC)(COC(=O)CCSC)COC(=O)CCSC)(COC(=O)CCSC)COC(=O)CCSC. The van der Waals surface area contributed by atoms with Crippen molar-refractivity contribution in [3.63, 3.8) is 0 Å². The number of benzene rings is 1. The second kappa shape index (κ2) is 67.2. The molecule has 3 N–H and O–H groups in total. The van der Waals surface area contributed by atoms with E-state index in [-0.39, 0.29) is 188 Å². The van der Waals surface area contributed by atoms with Crippen LogP contribution in [-0.2, 0) is 114 Å². The highest BCUT2D eigenvalue weighted by molar-refractivity contribution is 7.99. The van der Waals surface area contributed by atoms with E-state index in [1.54, 1.807) is 38.4 Å². The van der Waals surface area contributed by atoms with Crippen molar-refractivity contribution in [2.24, 2.45) is 16.2 Å². The largest absolute Gasteiger partial charge is 0.465 e. The van der Waals surface area contributed by atoms with Gasteiger partial charge in [0.05, 0.1) is 128 Å². The van der Waals surface area contributed by atoms with Crippen LogP contribution in [0.4, 0.5) is 0 Å². The first-order valence-electron chi connectivity index (χ1n) is 41.5. The maximum atomic E-state index is 12.7. The molecular formula is C85H152N4O28S6. The average molecular weight is 1870 g/mol. The van der Waals surface area contributed by atoms with Gasteiger partial charge >= 0.3 is 47.8 Å². The van der Waals surface area contributed by atoms with E-state index in [0.29, 0.717) is 86.6 Å². The Morgan fingerprint density at radius 2 is 0.756 bits per heavy atom. The van der Waals surface area contributed by atoms with Gasteiger partial charge in [-0.1, -0.05) is 39.0 Å². The lowest BCUT2D eigenvalue weighted by Gasteiger charge is -2.52. The summed E-state index contributed by atoms with van der Waals surface area (Å²) in [4.78, 5) is 126. The van der Waals surface area contributed by atoms with E-state index >= 15 is 0 Å². The Balaban J connectivity index is 0.00000172. The number of rotatable bonds is 56. The van der Waals surface area contributed by atoms with Crippen LogP contribution >= 0.6 is 70.6 Å². The maximum Gasteiger partial charge on any atom is 0.338 e. The number of carbonyl (C=O) groups excluding carboxylic acids is 9. The first kappa shape index (κ1) is 119. The predicted molar refractivity (Wildman–Crippen MR) is 486 cm³/mol. The molecule has 4 rings (SSSR count). The van der Waals surface area contributed by atoms with Crippen molar-refractivity contribution >= 4 is 124 Å². The van der Waals surface area contributed by atoms with Gasteiger partial charge in [0.25, 0.3) is 0 Å². The molecule has 123 heavy (non-hydrogen) atoms. The highest BCUT2D eigenvalue weighted by Gasteiger charge is 2.49. The summed E-state index contributed by atoms with van der Waals surface area (Å²) in [6, 6.07) is 9.14. The van der Waals surface area contributed by atoms with Crippen molar-refractivity contribution in [3.8, 4) is 0 Å². The molecule has 0 aliphatic carbocycles. The highest BCUT2D eigenvalue weighted by Crippen LogP contribution is 2.41. The lowest BCUT2D eigenvalue weighted by Crippen LogP contribution is -2.61. The minimum Gasteiger partial charge on any atom is -0.465 e. The number of hydroxylamine groups is 4. The number of hydrogen-bond acceptors (Lipinski definition) is 37. The van der Waals surface area contributed by atoms with Gasteiger partial charge in [-0.2, -0.15) is 80.7 Å². The third-order valence-electron chi connectivity index (χ3n) is 19.4. The molecular weight excluding hydrogens is 1720 g/mol. The zero-order valence-electron chi connectivity index (χ0n) is 77.5. The number of piperidine rings is 3. The molecule has 0 saturated carbocycles. The lowest BCUT2D eigenvalue weighted by atomic mass is 9.80. The van der Waals surface area contributed by atoms with Crippen molar-refractivity contribution in [1.82, 2.24) is 19.9 Å². The standard InChI is InChI=1S/C34H58O13S6.C17H25NO3.C13H25NO4.C11H21NO2.C10H23NO6/c1-48-13-7-27(35)42-21-33(22-43-28(36)8-14-49-2,23-44-29(37)9-15-50-3)19-41-20-34(24-45-30(38)10-16-51-4,25-46-31(39)11-17-52-5)26-47-32(40)12-18-53-6;1-16(2)11-14(12-17(3,4)18(16)20-5)21-15(19)13-9-7-6-8-10-13;1-12(2)7-10(18-11(15)9-16-5)8-13(3,4)14(12)17-6;1-4-11(2,3)10(14)12-7-5-9(13)6-8-12;1-14-6-7-17-10-11(8-15-4-2-12)9-16-5-3-13/h7-26H2,1-6H3;6-10,14H,11-12H2,1-5H3;10H,7-9H2,1-6H3;9,13H,4-8H2,1-3H3;12-13H,2-10H2,1H3. The van der Waals surface area contributed by atoms with Crippen molar-refractivity contribution in [3.05, 3.63) is 35.9 Å². The van der Waals surface area contributed by atoms with Gasteiger partial charge in [-0.15, -0.1) is 0 Å². The summed E-state index contributed by atoms with van der Waals surface area (Å²) >= 11 is 8.86. The number of aliphatic hydroxyl groups excluding tert-OH is 3. The molecule has 716 valence electrons. The zero-order chi connectivity index (χ0) is 93.0.